The molecule has 2 aromatic rings. The molecule has 2 rings (SSSR count). The van der Waals surface area contributed by atoms with E-state index in [-0.39, 0.29) is 31.2 Å². The van der Waals surface area contributed by atoms with Crippen LogP contribution in [0.5, 0.6) is 11.5 Å². The summed E-state index contributed by atoms with van der Waals surface area (Å²) in [6, 6.07) is 10.8. The van der Waals surface area contributed by atoms with Crippen LogP contribution in [0, 0.1) is 5.82 Å². The van der Waals surface area contributed by atoms with E-state index in [4.69, 9.17) is 19.9 Å². The maximum Gasteiger partial charge on any atom is 0.409 e. The van der Waals surface area contributed by atoms with Gasteiger partial charge in [0.05, 0.1) is 18.0 Å². The summed E-state index contributed by atoms with van der Waals surface area (Å²) in [4.78, 5) is 24.5. The molecule has 0 aliphatic rings. The first-order valence-corrected chi connectivity index (χ1v) is 11.3. The van der Waals surface area contributed by atoms with Crippen LogP contribution in [0.15, 0.2) is 53.4 Å². The van der Waals surface area contributed by atoms with Gasteiger partial charge in [0.15, 0.2) is 0 Å². The molecule has 12 heteroatoms. The Bertz CT molecular complexity index is 1030. The molecule has 0 bridgehead atoms. The van der Waals surface area contributed by atoms with E-state index in [2.05, 4.69) is 0 Å². The van der Waals surface area contributed by atoms with Crippen molar-refractivity contribution in [1.29, 1.82) is 0 Å². The van der Waals surface area contributed by atoms with Crippen LogP contribution in [-0.4, -0.2) is 76.6 Å². The highest BCUT2D eigenvalue weighted by Gasteiger charge is 2.27. The number of nitrogens with zero attached hydrogens (tertiary/aromatic N) is 2. The Balaban J connectivity index is 2.08. The molecule has 0 unspecified atom stereocenters. The smallest absolute Gasteiger partial charge is 0.409 e. The van der Waals surface area contributed by atoms with E-state index >= 15 is 0 Å². The van der Waals surface area contributed by atoms with Gasteiger partial charge in [-0.2, -0.15) is 4.31 Å². The number of sulfonamides is 1. The molecular weight excluding hydrogens is 457 g/mol. The molecule has 0 heterocycles. The monoisotopic (exact) mass is 483 g/mol. The number of carbonyl (C=O) groups is 2. The zero-order valence-corrected chi connectivity index (χ0v) is 19.1. The summed E-state index contributed by atoms with van der Waals surface area (Å²) in [5.41, 5.74) is 5.23. The normalized spacial score (nSPS) is 11.3. The summed E-state index contributed by atoms with van der Waals surface area (Å²) in [7, 11) is -1.20. The third-order valence-electron chi connectivity index (χ3n) is 4.35. The van der Waals surface area contributed by atoms with Crippen molar-refractivity contribution in [3.8, 4) is 11.5 Å². The third kappa shape index (κ3) is 8.00. The number of primary amides is 1. The Kier molecular flexibility index (Phi) is 9.57. The van der Waals surface area contributed by atoms with Crippen LogP contribution in [0.1, 0.15) is 0 Å². The molecule has 10 nitrogen and oxygen atoms in total. The number of amides is 2. The topological polar surface area (TPSA) is 128 Å². The lowest BCUT2D eigenvalue weighted by molar-refractivity contribution is -0.118. The molecule has 2 amide bonds. The molecule has 0 aromatic heterocycles. The van der Waals surface area contributed by atoms with Crippen LogP contribution in [0.25, 0.3) is 0 Å². The Labute approximate surface area is 191 Å². The van der Waals surface area contributed by atoms with Gasteiger partial charge in [-0.3, -0.25) is 4.79 Å². The average Bonchev–Trinajstić information content (AvgIpc) is 2.78. The highest BCUT2D eigenvalue weighted by Crippen LogP contribution is 2.24. The number of hydrogen-bond acceptors (Lipinski definition) is 7. The molecule has 2 N–H and O–H groups in total. The predicted molar refractivity (Wildman–Crippen MR) is 117 cm³/mol. The molecule has 0 spiro atoms. The van der Waals surface area contributed by atoms with Crippen LogP contribution in [0.2, 0.25) is 0 Å². The summed E-state index contributed by atoms with van der Waals surface area (Å²) in [5, 5.41) is 0. The summed E-state index contributed by atoms with van der Waals surface area (Å²) >= 11 is 0. The molecule has 0 radical (unpaired) electrons. The average molecular weight is 484 g/mol. The van der Waals surface area contributed by atoms with Gasteiger partial charge >= 0.3 is 6.09 Å². The molecule has 33 heavy (non-hydrogen) atoms. The van der Waals surface area contributed by atoms with Crippen molar-refractivity contribution in [2.75, 3.05) is 47.0 Å². The van der Waals surface area contributed by atoms with E-state index in [0.29, 0.717) is 11.5 Å². The van der Waals surface area contributed by atoms with Gasteiger partial charge in [-0.25, -0.2) is 17.6 Å². The maximum atomic E-state index is 13.1. The minimum absolute atomic E-state index is 0.0376. The molecule has 0 aliphatic heterocycles. The van der Waals surface area contributed by atoms with Gasteiger partial charge in [0.1, 0.15) is 23.9 Å². The highest BCUT2D eigenvalue weighted by molar-refractivity contribution is 7.89. The SMILES string of the molecule is COCCOC(=O)N(C)CCN(CC(N)=O)S(=O)(=O)c1ccc(Oc2ccc(F)cc2)cc1. The Morgan fingerprint density at radius 2 is 1.55 bits per heavy atom. The van der Waals surface area contributed by atoms with Gasteiger partial charge in [0, 0.05) is 27.2 Å². The van der Waals surface area contributed by atoms with E-state index in [9.17, 15) is 22.4 Å². The van der Waals surface area contributed by atoms with Gasteiger partial charge in [-0.05, 0) is 48.5 Å². The molecular formula is C21H26FN3O7S. The Morgan fingerprint density at radius 1 is 0.970 bits per heavy atom. The zero-order chi connectivity index (χ0) is 24.4. The van der Waals surface area contributed by atoms with Crippen molar-refractivity contribution in [3.63, 3.8) is 0 Å². The fraction of sp³-hybridized carbons (Fsp3) is 0.333. The first-order valence-electron chi connectivity index (χ1n) is 9.82. The largest absolute Gasteiger partial charge is 0.457 e. The van der Waals surface area contributed by atoms with E-state index < -0.39 is 34.4 Å². The summed E-state index contributed by atoms with van der Waals surface area (Å²) in [6.45, 7) is -0.514. The van der Waals surface area contributed by atoms with Crippen molar-refractivity contribution in [1.82, 2.24) is 9.21 Å². The van der Waals surface area contributed by atoms with Crippen LogP contribution in [-0.2, 0) is 24.3 Å². The van der Waals surface area contributed by atoms with Crippen molar-refractivity contribution in [3.05, 3.63) is 54.3 Å². The summed E-state index contributed by atoms with van der Waals surface area (Å²) in [6.07, 6.45) is -0.661. The fourth-order valence-corrected chi connectivity index (χ4v) is 4.00. The number of halogens is 1. The number of nitrogens with two attached hydrogens (primary N) is 1. The Morgan fingerprint density at radius 3 is 2.09 bits per heavy atom. The zero-order valence-electron chi connectivity index (χ0n) is 18.3. The van der Waals surface area contributed by atoms with E-state index in [1.54, 1.807) is 0 Å². The van der Waals surface area contributed by atoms with Crippen LogP contribution >= 0.6 is 0 Å². The molecule has 2 aromatic carbocycles. The van der Waals surface area contributed by atoms with Crippen molar-refractivity contribution in [2.45, 2.75) is 4.90 Å². The predicted octanol–water partition coefficient (Wildman–Crippen LogP) is 1.81. The second-order valence-electron chi connectivity index (χ2n) is 6.86. The molecule has 0 saturated carbocycles. The lowest BCUT2D eigenvalue weighted by Crippen LogP contribution is -2.43. The third-order valence-corrected chi connectivity index (χ3v) is 6.21. The summed E-state index contributed by atoms with van der Waals surface area (Å²) < 4.78 is 55.3. The van der Waals surface area contributed by atoms with Gasteiger partial charge in [0.25, 0.3) is 0 Å². The van der Waals surface area contributed by atoms with Gasteiger partial charge in [-0.15, -0.1) is 0 Å². The van der Waals surface area contributed by atoms with Gasteiger partial charge in [-0.1, -0.05) is 0 Å². The van der Waals surface area contributed by atoms with Crippen LogP contribution in [0.4, 0.5) is 9.18 Å². The standard InChI is InChI=1S/C21H26FN3O7S/c1-24(21(27)31-14-13-30-2)11-12-25(15-20(23)26)33(28,29)19-9-7-18(8-10-19)32-17-5-3-16(22)4-6-17/h3-10H,11-15H2,1-2H3,(H2,23,26). The van der Waals surface area contributed by atoms with Crippen LogP contribution in [0.3, 0.4) is 0 Å². The lowest BCUT2D eigenvalue weighted by Gasteiger charge is -2.24. The first-order chi connectivity index (χ1) is 15.6. The second-order valence-corrected chi connectivity index (χ2v) is 8.80. The fourth-order valence-electron chi connectivity index (χ4n) is 2.60. The second kappa shape index (κ2) is 12.1. The van der Waals surface area contributed by atoms with Crippen molar-refractivity contribution >= 4 is 22.0 Å². The number of likely N-dealkylation sites (N-methyl/N-ethyl adjacent to an activating group) is 1. The van der Waals surface area contributed by atoms with E-state index in [1.165, 1.54) is 67.6 Å². The van der Waals surface area contributed by atoms with Gasteiger partial charge in [0.2, 0.25) is 15.9 Å². The number of methoxy groups -OCH3 is 1. The number of hydrogen-bond donors (Lipinski definition) is 1. The quantitative estimate of drug-likeness (QED) is 0.456. The molecule has 0 aliphatic carbocycles. The molecule has 180 valence electrons. The number of carbonyl (C=O) groups excluding carboxylic acids is 2. The van der Waals surface area contributed by atoms with Gasteiger partial charge < -0.3 is 24.8 Å². The van der Waals surface area contributed by atoms with E-state index in [0.717, 1.165) is 4.31 Å². The number of ether oxygens (including phenoxy) is 3. The van der Waals surface area contributed by atoms with Crippen LogP contribution < -0.4 is 10.5 Å². The first kappa shape index (κ1) is 26.0. The molecule has 0 atom stereocenters. The lowest BCUT2D eigenvalue weighted by atomic mass is 10.3. The minimum Gasteiger partial charge on any atom is -0.457 e. The summed E-state index contributed by atoms with van der Waals surface area (Å²) in [5.74, 6) is -0.546. The van der Waals surface area contributed by atoms with E-state index in [1.807, 2.05) is 0 Å². The van der Waals surface area contributed by atoms with Crippen molar-refractivity contribution in [2.24, 2.45) is 5.73 Å². The Hall–Kier alpha value is -3.22. The molecule has 0 saturated heterocycles. The highest BCUT2D eigenvalue weighted by atomic mass is 32.2. The molecule has 0 fully saturated rings. The number of rotatable bonds is 12. The minimum atomic E-state index is -4.11. The van der Waals surface area contributed by atoms with Crippen molar-refractivity contribution < 1.29 is 36.6 Å². The number of benzene rings is 2. The maximum absolute atomic E-state index is 13.1.